The van der Waals surface area contributed by atoms with Crippen LogP contribution < -0.4 is 0 Å². The maximum atomic E-state index is 11.5. The highest BCUT2D eigenvalue weighted by Gasteiger charge is 2.31. The van der Waals surface area contributed by atoms with Gasteiger partial charge >= 0.3 is 5.97 Å². The van der Waals surface area contributed by atoms with Crippen LogP contribution in [0.2, 0.25) is 18.1 Å². The van der Waals surface area contributed by atoms with Crippen molar-refractivity contribution in [1.29, 1.82) is 0 Å². The third-order valence-corrected chi connectivity index (χ3v) is 10.5. The summed E-state index contributed by atoms with van der Waals surface area (Å²) < 4.78 is 11.7. The molecule has 3 nitrogen and oxygen atoms in total. The van der Waals surface area contributed by atoms with Gasteiger partial charge < -0.3 is 9.16 Å². The molecule has 0 aromatic rings. The normalized spacial score (nSPS) is 15.2. The maximum Gasteiger partial charge on any atom is 0.306 e. The van der Waals surface area contributed by atoms with Crippen molar-refractivity contribution in [2.24, 2.45) is 5.92 Å². The van der Waals surface area contributed by atoms with Crippen molar-refractivity contribution in [3.05, 3.63) is 35.5 Å². The van der Waals surface area contributed by atoms with Gasteiger partial charge in [-0.2, -0.15) is 0 Å². The van der Waals surface area contributed by atoms with Crippen LogP contribution in [0.3, 0.4) is 0 Å². The Morgan fingerprint density at radius 1 is 1.03 bits per heavy atom. The molecule has 0 saturated heterocycles. The Bertz CT molecular complexity index is 550. The highest BCUT2D eigenvalue weighted by Crippen LogP contribution is 2.28. The Morgan fingerprint density at radius 3 is 2.10 bits per heavy atom. The standard InChI is InChI=1S/C25H46O3Si/c1-10-24(28-29(12-3,13-4)14-5)23(9)19-22(8)18-21(7)17-20(6)15-16-25(26)27-11-2/h17,19,21,24H,8,10-16,18H2,1-7,9H3/b20-17+,23-19+/t21-,24-/m1/s1. The molecule has 0 unspecified atom stereocenters. The third-order valence-electron chi connectivity index (χ3n) is 5.82. The third kappa shape index (κ3) is 11.0. The molecule has 0 radical (unpaired) electrons. The molecule has 0 amide bonds. The van der Waals surface area contributed by atoms with Gasteiger partial charge in [0.15, 0.2) is 8.32 Å². The number of allylic oxidation sites excluding steroid dienone is 4. The van der Waals surface area contributed by atoms with Gasteiger partial charge in [0, 0.05) is 6.42 Å². The molecule has 0 saturated carbocycles. The molecular weight excluding hydrogens is 376 g/mol. The molecule has 0 aliphatic rings. The second-order valence-corrected chi connectivity index (χ2v) is 13.0. The van der Waals surface area contributed by atoms with E-state index < -0.39 is 8.32 Å². The summed E-state index contributed by atoms with van der Waals surface area (Å²) in [6.45, 7) is 22.1. The first-order chi connectivity index (χ1) is 13.7. The second-order valence-electron chi connectivity index (χ2n) is 8.30. The summed E-state index contributed by atoms with van der Waals surface area (Å²) >= 11 is 0. The number of carbonyl (C=O) groups is 1. The molecule has 0 aliphatic carbocycles. The summed E-state index contributed by atoms with van der Waals surface area (Å²) in [5, 5.41) is 0. The molecule has 0 fully saturated rings. The van der Waals surface area contributed by atoms with Crippen molar-refractivity contribution in [3.8, 4) is 0 Å². The first-order valence-electron chi connectivity index (χ1n) is 11.5. The largest absolute Gasteiger partial charge is 0.466 e. The first kappa shape index (κ1) is 27.9. The van der Waals surface area contributed by atoms with E-state index in [0.717, 1.165) is 24.8 Å². The lowest BCUT2D eigenvalue weighted by atomic mass is 9.96. The predicted molar refractivity (Wildman–Crippen MR) is 129 cm³/mol. The molecule has 0 aromatic carbocycles. The van der Waals surface area contributed by atoms with Crippen LogP contribution in [0.15, 0.2) is 35.5 Å². The van der Waals surface area contributed by atoms with Crippen LogP contribution in [-0.2, 0) is 14.0 Å². The van der Waals surface area contributed by atoms with Gasteiger partial charge in [0.05, 0.1) is 12.7 Å². The molecule has 0 spiro atoms. The molecule has 2 atom stereocenters. The number of hydrogen-bond acceptors (Lipinski definition) is 3. The van der Waals surface area contributed by atoms with Crippen LogP contribution in [0.1, 0.15) is 81.1 Å². The zero-order valence-electron chi connectivity index (χ0n) is 20.4. The van der Waals surface area contributed by atoms with E-state index in [0.29, 0.717) is 18.9 Å². The van der Waals surface area contributed by atoms with Crippen molar-refractivity contribution < 1.29 is 14.0 Å². The minimum absolute atomic E-state index is 0.118. The minimum Gasteiger partial charge on any atom is -0.466 e. The fraction of sp³-hybridized carbons (Fsp3) is 0.720. The lowest BCUT2D eigenvalue weighted by Crippen LogP contribution is -2.40. The second kappa shape index (κ2) is 14.8. The van der Waals surface area contributed by atoms with Gasteiger partial charge in [-0.15, -0.1) is 0 Å². The Kier molecular flexibility index (Phi) is 14.2. The van der Waals surface area contributed by atoms with Gasteiger partial charge in [-0.1, -0.05) is 64.5 Å². The van der Waals surface area contributed by atoms with Crippen molar-refractivity contribution in [2.45, 2.75) is 105 Å². The molecule has 0 bridgehead atoms. The smallest absolute Gasteiger partial charge is 0.306 e. The molecule has 0 aromatic heterocycles. The zero-order valence-corrected chi connectivity index (χ0v) is 21.4. The van der Waals surface area contributed by atoms with Gasteiger partial charge in [0.25, 0.3) is 0 Å². The summed E-state index contributed by atoms with van der Waals surface area (Å²) in [5.74, 6) is 0.275. The van der Waals surface area contributed by atoms with Crippen molar-refractivity contribution in [3.63, 3.8) is 0 Å². The van der Waals surface area contributed by atoms with E-state index in [2.05, 4.69) is 67.2 Å². The minimum atomic E-state index is -1.61. The predicted octanol–water partition coefficient (Wildman–Crippen LogP) is 7.61. The SMILES string of the molecule is C=C(/C=C(\C)[C@@H](CC)O[Si](CC)(CC)CC)C[C@H](C)/C=C(\C)CCC(=O)OCC. The summed E-state index contributed by atoms with van der Waals surface area (Å²) in [6, 6.07) is 3.53. The van der Waals surface area contributed by atoms with E-state index in [9.17, 15) is 4.79 Å². The zero-order chi connectivity index (χ0) is 22.4. The maximum absolute atomic E-state index is 11.5. The van der Waals surface area contributed by atoms with Crippen molar-refractivity contribution in [1.82, 2.24) is 0 Å². The van der Waals surface area contributed by atoms with Crippen LogP contribution in [0.5, 0.6) is 0 Å². The molecule has 0 N–H and O–H groups in total. The Morgan fingerprint density at radius 2 is 1.62 bits per heavy atom. The van der Waals surface area contributed by atoms with Crippen LogP contribution in [0.25, 0.3) is 0 Å². The van der Waals surface area contributed by atoms with E-state index >= 15 is 0 Å². The summed E-state index contributed by atoms with van der Waals surface area (Å²) in [6.07, 6.45) is 7.83. The van der Waals surface area contributed by atoms with Gasteiger partial charge in [0.2, 0.25) is 0 Å². The monoisotopic (exact) mass is 422 g/mol. The number of carbonyl (C=O) groups excluding carboxylic acids is 1. The average Bonchev–Trinajstić information content (AvgIpc) is 2.67. The van der Waals surface area contributed by atoms with Gasteiger partial charge in [0.1, 0.15) is 0 Å². The molecule has 29 heavy (non-hydrogen) atoms. The lowest BCUT2D eigenvalue weighted by molar-refractivity contribution is -0.143. The van der Waals surface area contributed by atoms with Crippen LogP contribution >= 0.6 is 0 Å². The topological polar surface area (TPSA) is 35.5 Å². The first-order valence-corrected chi connectivity index (χ1v) is 14.1. The number of rotatable bonds is 15. The fourth-order valence-corrected chi connectivity index (χ4v) is 6.80. The van der Waals surface area contributed by atoms with Crippen LogP contribution in [0, 0.1) is 5.92 Å². The van der Waals surface area contributed by atoms with E-state index in [-0.39, 0.29) is 12.1 Å². The quantitative estimate of drug-likeness (QED) is 0.118. The fourth-order valence-electron chi connectivity index (χ4n) is 3.85. The summed E-state index contributed by atoms with van der Waals surface area (Å²) in [5.41, 5.74) is 3.67. The molecular formula is C25H46O3Si. The van der Waals surface area contributed by atoms with Gasteiger partial charge in [-0.25, -0.2) is 0 Å². The Balaban J connectivity index is 4.86. The Hall–Kier alpha value is -1.13. The molecule has 4 heteroatoms. The lowest BCUT2D eigenvalue weighted by Gasteiger charge is -2.33. The number of esters is 1. The van der Waals surface area contributed by atoms with Gasteiger partial charge in [-0.05, 0) is 69.7 Å². The van der Waals surface area contributed by atoms with E-state index in [1.54, 1.807) is 0 Å². The highest BCUT2D eigenvalue weighted by molar-refractivity contribution is 6.73. The van der Waals surface area contributed by atoms with E-state index in [1.165, 1.54) is 29.3 Å². The van der Waals surface area contributed by atoms with E-state index in [4.69, 9.17) is 9.16 Å². The van der Waals surface area contributed by atoms with E-state index in [1.807, 2.05) is 6.92 Å². The highest BCUT2D eigenvalue weighted by atomic mass is 28.4. The molecule has 0 rings (SSSR count). The van der Waals surface area contributed by atoms with Gasteiger partial charge in [-0.3, -0.25) is 4.79 Å². The Labute approximate surface area is 181 Å². The van der Waals surface area contributed by atoms with Crippen LogP contribution in [-0.4, -0.2) is 27.0 Å². The molecule has 0 aliphatic heterocycles. The summed E-state index contributed by atoms with van der Waals surface area (Å²) in [4.78, 5) is 11.5. The number of ether oxygens (including phenoxy) is 1. The average molecular weight is 423 g/mol. The van der Waals surface area contributed by atoms with Crippen molar-refractivity contribution in [2.75, 3.05) is 6.61 Å². The van der Waals surface area contributed by atoms with Crippen molar-refractivity contribution >= 4 is 14.3 Å². The summed E-state index contributed by atoms with van der Waals surface area (Å²) in [7, 11) is -1.61. The molecule has 0 heterocycles. The number of hydrogen-bond donors (Lipinski definition) is 0. The molecule has 168 valence electrons. The van der Waals surface area contributed by atoms with Crippen LogP contribution in [0.4, 0.5) is 0 Å².